The normalized spacial score (nSPS) is 16.4. The summed E-state index contributed by atoms with van der Waals surface area (Å²) in [6, 6.07) is 19.7. The molecule has 2 aromatic carbocycles. The predicted molar refractivity (Wildman–Crippen MR) is 128 cm³/mol. The molecule has 2 heterocycles. The molecule has 1 fully saturated rings. The Hall–Kier alpha value is -3.67. The molecule has 0 bridgehead atoms. The number of hydrogen-bond acceptors (Lipinski definition) is 4. The molecule has 1 saturated heterocycles. The van der Waals surface area contributed by atoms with Crippen LogP contribution in [0.3, 0.4) is 0 Å². The number of likely N-dealkylation sites (N-methyl/N-ethyl adjacent to an activating group) is 1. The quantitative estimate of drug-likeness (QED) is 0.585. The largest absolute Gasteiger partial charge is 0.496 e. The molecule has 0 radical (unpaired) electrons. The summed E-state index contributed by atoms with van der Waals surface area (Å²) < 4.78 is 5.57. The van der Waals surface area contributed by atoms with E-state index in [1.165, 1.54) is 0 Å². The average Bonchev–Trinajstić information content (AvgIpc) is 2.99. The van der Waals surface area contributed by atoms with E-state index >= 15 is 0 Å². The van der Waals surface area contributed by atoms with Crippen LogP contribution < -0.4 is 4.74 Å². The minimum absolute atomic E-state index is 0.0223. The Labute approximate surface area is 194 Å². The summed E-state index contributed by atoms with van der Waals surface area (Å²) in [4.78, 5) is 33.9. The number of methoxy groups -OCH3 is 1. The van der Waals surface area contributed by atoms with Crippen molar-refractivity contribution >= 4 is 11.8 Å². The number of amides is 2. The molecular formula is C27H29N3O3. The van der Waals surface area contributed by atoms with Crippen LogP contribution in [0.4, 0.5) is 0 Å². The molecule has 0 aliphatic carbocycles. The molecule has 0 unspecified atom stereocenters. The molecule has 0 spiro atoms. The van der Waals surface area contributed by atoms with Gasteiger partial charge in [0.1, 0.15) is 5.75 Å². The van der Waals surface area contributed by atoms with E-state index in [0.717, 1.165) is 28.0 Å². The maximum absolute atomic E-state index is 13.2. The van der Waals surface area contributed by atoms with E-state index in [1.807, 2.05) is 60.5 Å². The summed E-state index contributed by atoms with van der Waals surface area (Å²) in [5.41, 5.74) is 3.98. The average molecular weight is 444 g/mol. The first-order chi connectivity index (χ1) is 16.1. The third-order valence-corrected chi connectivity index (χ3v) is 6.18. The van der Waals surface area contributed by atoms with Crippen LogP contribution in [0.15, 0.2) is 73.1 Å². The molecule has 1 atom stereocenters. The predicted octanol–water partition coefficient (Wildman–Crippen LogP) is 3.46. The summed E-state index contributed by atoms with van der Waals surface area (Å²) in [6.07, 6.45) is 4.25. The van der Waals surface area contributed by atoms with Crippen molar-refractivity contribution in [1.82, 2.24) is 14.8 Å². The Morgan fingerprint density at radius 3 is 2.55 bits per heavy atom. The van der Waals surface area contributed by atoms with E-state index in [9.17, 15) is 9.59 Å². The van der Waals surface area contributed by atoms with E-state index in [-0.39, 0.29) is 24.2 Å². The summed E-state index contributed by atoms with van der Waals surface area (Å²) in [5, 5.41) is 0. The van der Waals surface area contributed by atoms with Crippen LogP contribution in [0.2, 0.25) is 0 Å². The van der Waals surface area contributed by atoms with Gasteiger partial charge in [-0.15, -0.1) is 0 Å². The molecule has 0 N–H and O–H groups in total. The van der Waals surface area contributed by atoms with Crippen LogP contribution in [-0.4, -0.2) is 60.4 Å². The number of para-hydroxylation sites is 1. The van der Waals surface area contributed by atoms with Gasteiger partial charge >= 0.3 is 0 Å². The van der Waals surface area contributed by atoms with E-state index in [4.69, 9.17) is 4.74 Å². The van der Waals surface area contributed by atoms with Crippen LogP contribution in [-0.2, 0) is 22.4 Å². The van der Waals surface area contributed by atoms with Crippen LogP contribution in [0.25, 0.3) is 11.1 Å². The molecule has 3 aromatic rings. The zero-order valence-corrected chi connectivity index (χ0v) is 19.1. The molecule has 0 saturated carbocycles. The van der Waals surface area contributed by atoms with Crippen molar-refractivity contribution in [2.45, 2.75) is 12.8 Å². The smallest absolute Gasteiger partial charge is 0.227 e. The SMILES string of the molecule is COc1ccccc1-c1ccccc1C[C@@H]1CN(C(=O)Cc2cccnc2)CCN(C)C1=O. The molecule has 2 amide bonds. The maximum Gasteiger partial charge on any atom is 0.227 e. The van der Waals surface area contributed by atoms with Gasteiger partial charge in [-0.05, 0) is 35.2 Å². The standard InChI is InChI=1S/C27H29N3O3/c1-29-14-15-30(26(31)16-20-8-7-13-28-18-20)19-22(27(29)32)17-21-9-3-4-10-23(21)24-11-5-6-12-25(24)33-2/h3-13,18,22H,14-17,19H2,1-2H3/t22-/m1/s1. The van der Waals surface area contributed by atoms with Crippen molar-refractivity contribution in [2.24, 2.45) is 5.92 Å². The van der Waals surface area contributed by atoms with E-state index in [2.05, 4.69) is 17.1 Å². The minimum atomic E-state index is -0.314. The molecule has 1 aliphatic rings. The lowest BCUT2D eigenvalue weighted by molar-refractivity contribution is -0.133. The van der Waals surface area contributed by atoms with Gasteiger partial charge in [0, 0.05) is 44.6 Å². The van der Waals surface area contributed by atoms with Crippen molar-refractivity contribution in [3.8, 4) is 16.9 Å². The van der Waals surface area contributed by atoms with Crippen LogP contribution in [0.5, 0.6) is 5.75 Å². The Morgan fingerprint density at radius 2 is 1.79 bits per heavy atom. The molecular weight excluding hydrogens is 414 g/mol. The summed E-state index contributed by atoms with van der Waals surface area (Å²) in [7, 11) is 3.48. The van der Waals surface area contributed by atoms with E-state index in [0.29, 0.717) is 26.1 Å². The van der Waals surface area contributed by atoms with Crippen molar-refractivity contribution in [3.63, 3.8) is 0 Å². The second-order valence-electron chi connectivity index (χ2n) is 8.40. The number of benzene rings is 2. The molecule has 1 aliphatic heterocycles. The number of ether oxygens (including phenoxy) is 1. The summed E-state index contributed by atoms with van der Waals surface area (Å²) >= 11 is 0. The highest BCUT2D eigenvalue weighted by Gasteiger charge is 2.31. The maximum atomic E-state index is 13.2. The van der Waals surface area contributed by atoms with Gasteiger partial charge in [-0.3, -0.25) is 14.6 Å². The number of nitrogens with zero attached hydrogens (tertiary/aromatic N) is 3. The molecule has 170 valence electrons. The van der Waals surface area contributed by atoms with Crippen molar-refractivity contribution < 1.29 is 14.3 Å². The fourth-order valence-corrected chi connectivity index (χ4v) is 4.39. The lowest BCUT2D eigenvalue weighted by Gasteiger charge is -2.24. The fourth-order valence-electron chi connectivity index (χ4n) is 4.39. The van der Waals surface area contributed by atoms with Gasteiger partial charge in [-0.1, -0.05) is 48.5 Å². The van der Waals surface area contributed by atoms with Gasteiger partial charge < -0.3 is 14.5 Å². The van der Waals surface area contributed by atoms with Gasteiger partial charge in [-0.2, -0.15) is 0 Å². The molecule has 6 nitrogen and oxygen atoms in total. The second kappa shape index (κ2) is 10.3. The van der Waals surface area contributed by atoms with Gasteiger partial charge in [0.25, 0.3) is 0 Å². The number of carbonyl (C=O) groups excluding carboxylic acids is 2. The van der Waals surface area contributed by atoms with Crippen LogP contribution >= 0.6 is 0 Å². The third-order valence-electron chi connectivity index (χ3n) is 6.18. The van der Waals surface area contributed by atoms with Crippen molar-refractivity contribution in [1.29, 1.82) is 0 Å². The van der Waals surface area contributed by atoms with E-state index < -0.39 is 0 Å². The summed E-state index contributed by atoms with van der Waals surface area (Å²) in [5.74, 6) is 0.573. The van der Waals surface area contributed by atoms with Gasteiger partial charge in [0.05, 0.1) is 19.4 Å². The van der Waals surface area contributed by atoms with Gasteiger partial charge in [-0.25, -0.2) is 0 Å². The highest BCUT2D eigenvalue weighted by atomic mass is 16.5. The fraction of sp³-hybridized carbons (Fsp3) is 0.296. The van der Waals surface area contributed by atoms with Crippen molar-refractivity contribution in [3.05, 3.63) is 84.2 Å². The molecule has 4 rings (SSSR count). The minimum Gasteiger partial charge on any atom is -0.496 e. The van der Waals surface area contributed by atoms with Crippen LogP contribution in [0.1, 0.15) is 11.1 Å². The van der Waals surface area contributed by atoms with Crippen molar-refractivity contribution in [2.75, 3.05) is 33.8 Å². The number of rotatable bonds is 6. The third kappa shape index (κ3) is 5.22. The Bertz CT molecular complexity index is 1120. The highest BCUT2D eigenvalue weighted by molar-refractivity contribution is 5.83. The van der Waals surface area contributed by atoms with E-state index in [1.54, 1.807) is 24.4 Å². The van der Waals surface area contributed by atoms with Gasteiger partial charge in [0.15, 0.2) is 0 Å². The number of hydrogen-bond donors (Lipinski definition) is 0. The molecule has 33 heavy (non-hydrogen) atoms. The zero-order valence-electron chi connectivity index (χ0n) is 19.1. The zero-order chi connectivity index (χ0) is 23.2. The first-order valence-electron chi connectivity index (χ1n) is 11.2. The first-order valence-corrected chi connectivity index (χ1v) is 11.2. The number of carbonyl (C=O) groups is 2. The van der Waals surface area contributed by atoms with Crippen LogP contribution in [0, 0.1) is 5.92 Å². The first kappa shape index (κ1) is 22.5. The summed E-state index contributed by atoms with van der Waals surface area (Å²) in [6.45, 7) is 1.47. The lowest BCUT2D eigenvalue weighted by Crippen LogP contribution is -2.38. The highest BCUT2D eigenvalue weighted by Crippen LogP contribution is 2.33. The lowest BCUT2D eigenvalue weighted by atomic mass is 9.91. The Morgan fingerprint density at radius 1 is 1.03 bits per heavy atom. The molecule has 6 heteroatoms. The Balaban J connectivity index is 1.59. The second-order valence-corrected chi connectivity index (χ2v) is 8.40. The van der Waals surface area contributed by atoms with Gasteiger partial charge in [0.2, 0.25) is 11.8 Å². The molecule has 1 aromatic heterocycles. The Kier molecular flexibility index (Phi) is 7.03. The monoisotopic (exact) mass is 443 g/mol. The number of pyridine rings is 1. The number of aromatic nitrogens is 1. The topological polar surface area (TPSA) is 62.7 Å².